The minimum atomic E-state index is -0.228. The van der Waals surface area contributed by atoms with E-state index in [0.29, 0.717) is 17.1 Å². The van der Waals surface area contributed by atoms with Gasteiger partial charge >= 0.3 is 0 Å². The minimum Gasteiger partial charge on any atom is -0.389 e. The van der Waals surface area contributed by atoms with Gasteiger partial charge in [-0.2, -0.15) is 0 Å². The number of hydrogen-bond acceptors (Lipinski definition) is 3. The van der Waals surface area contributed by atoms with Crippen molar-refractivity contribution in [2.45, 2.75) is 25.4 Å². The van der Waals surface area contributed by atoms with E-state index in [1.807, 2.05) is 6.92 Å². The summed E-state index contributed by atoms with van der Waals surface area (Å²) >= 11 is 4.87. The largest absolute Gasteiger partial charge is 0.389 e. The molecule has 1 saturated heterocycles. The molecule has 1 aromatic carbocycles. The highest BCUT2D eigenvalue weighted by molar-refractivity contribution is 7.80. The third kappa shape index (κ3) is 3.52. The number of hydrogen-bond donors (Lipinski definition) is 2. The number of amides is 1. The predicted molar refractivity (Wildman–Crippen MR) is 78.3 cm³/mol. The monoisotopic (exact) mass is 278 g/mol. The highest BCUT2D eigenvalue weighted by atomic mass is 32.1. The van der Waals surface area contributed by atoms with Crippen molar-refractivity contribution >= 4 is 23.1 Å². The Hall–Kier alpha value is -1.46. The average Bonchev–Trinajstić information content (AvgIpc) is 2.83. The molecule has 19 heavy (non-hydrogen) atoms. The quantitative estimate of drug-likeness (QED) is 0.822. The number of nitrogens with one attached hydrogen (secondary N) is 1. The fourth-order valence-electron chi connectivity index (χ4n) is 2.13. The molecule has 0 saturated carbocycles. The van der Waals surface area contributed by atoms with Crippen LogP contribution in [0.15, 0.2) is 24.3 Å². The third-order valence-corrected chi connectivity index (χ3v) is 3.59. The van der Waals surface area contributed by atoms with Crippen LogP contribution in [0.25, 0.3) is 0 Å². The van der Waals surface area contributed by atoms with Gasteiger partial charge in [-0.3, -0.25) is 4.79 Å². The standard InChI is InChI=1S/C14H18N2O2S/c1-14(7-2-8-18-14)9-16-13(17)11-5-3-10(4-6-11)12(15)19/h3-6H,2,7-9H2,1H3,(H2,15,19)(H,16,17). The van der Waals surface area contributed by atoms with E-state index in [-0.39, 0.29) is 11.5 Å². The van der Waals surface area contributed by atoms with Crippen molar-refractivity contribution in [2.24, 2.45) is 5.73 Å². The molecule has 1 unspecified atom stereocenters. The van der Waals surface area contributed by atoms with Crippen LogP contribution < -0.4 is 11.1 Å². The molecule has 4 nitrogen and oxygen atoms in total. The van der Waals surface area contributed by atoms with Gasteiger partial charge in [0.1, 0.15) is 4.99 Å². The zero-order valence-corrected chi connectivity index (χ0v) is 11.8. The summed E-state index contributed by atoms with van der Waals surface area (Å²) < 4.78 is 5.63. The Balaban J connectivity index is 1.94. The molecular weight excluding hydrogens is 260 g/mol. The van der Waals surface area contributed by atoms with Crippen molar-refractivity contribution in [3.8, 4) is 0 Å². The van der Waals surface area contributed by atoms with E-state index >= 15 is 0 Å². The first-order valence-electron chi connectivity index (χ1n) is 6.32. The van der Waals surface area contributed by atoms with Crippen LogP contribution in [-0.4, -0.2) is 29.6 Å². The summed E-state index contributed by atoms with van der Waals surface area (Å²) in [5, 5.41) is 2.90. The van der Waals surface area contributed by atoms with E-state index < -0.39 is 0 Å². The lowest BCUT2D eigenvalue weighted by Gasteiger charge is -2.23. The predicted octanol–water partition coefficient (Wildman–Crippen LogP) is 1.62. The van der Waals surface area contributed by atoms with E-state index in [4.69, 9.17) is 22.7 Å². The molecule has 3 N–H and O–H groups in total. The maximum absolute atomic E-state index is 12.0. The molecule has 1 aromatic rings. The fraction of sp³-hybridized carbons (Fsp3) is 0.429. The first-order valence-corrected chi connectivity index (χ1v) is 6.73. The molecule has 102 valence electrons. The zero-order chi connectivity index (χ0) is 13.9. The molecule has 0 radical (unpaired) electrons. The van der Waals surface area contributed by atoms with Gasteiger partial charge in [-0.05, 0) is 31.9 Å². The molecule has 0 aromatic heterocycles. The molecule has 0 bridgehead atoms. The molecule has 2 rings (SSSR count). The summed E-state index contributed by atoms with van der Waals surface area (Å²) in [6.07, 6.45) is 2.03. The second-order valence-electron chi connectivity index (χ2n) is 5.03. The van der Waals surface area contributed by atoms with Crippen LogP contribution in [0.5, 0.6) is 0 Å². The molecule has 1 aliphatic heterocycles. The van der Waals surface area contributed by atoms with Crippen molar-refractivity contribution in [1.29, 1.82) is 0 Å². The molecule has 1 aliphatic rings. The van der Waals surface area contributed by atoms with Crippen molar-refractivity contribution in [3.63, 3.8) is 0 Å². The number of benzene rings is 1. The van der Waals surface area contributed by atoms with Gasteiger partial charge in [0.2, 0.25) is 0 Å². The zero-order valence-electron chi connectivity index (χ0n) is 10.9. The first kappa shape index (κ1) is 14.0. The van der Waals surface area contributed by atoms with Gasteiger partial charge in [0, 0.05) is 24.3 Å². The Labute approximate surface area is 118 Å². The lowest BCUT2D eigenvalue weighted by molar-refractivity contribution is 0.0206. The number of thiocarbonyl (C=S) groups is 1. The van der Waals surface area contributed by atoms with Gasteiger partial charge in [-0.25, -0.2) is 0 Å². The maximum atomic E-state index is 12.0. The summed E-state index contributed by atoms with van der Waals surface area (Å²) in [5.74, 6) is -0.105. The van der Waals surface area contributed by atoms with Crippen LogP contribution in [0.4, 0.5) is 0 Å². The Kier molecular flexibility index (Phi) is 4.17. The highest BCUT2D eigenvalue weighted by Crippen LogP contribution is 2.23. The van der Waals surface area contributed by atoms with Crippen LogP contribution in [0, 0.1) is 0 Å². The Morgan fingerprint density at radius 1 is 1.42 bits per heavy atom. The lowest BCUT2D eigenvalue weighted by atomic mass is 10.0. The molecule has 0 aliphatic carbocycles. The van der Waals surface area contributed by atoms with Crippen LogP contribution in [0.2, 0.25) is 0 Å². The summed E-state index contributed by atoms with van der Waals surface area (Å²) in [6.45, 7) is 3.33. The van der Waals surface area contributed by atoms with Gasteiger partial charge in [-0.1, -0.05) is 24.4 Å². The summed E-state index contributed by atoms with van der Waals surface area (Å²) in [7, 11) is 0. The number of carbonyl (C=O) groups is 1. The molecule has 1 amide bonds. The second-order valence-corrected chi connectivity index (χ2v) is 5.47. The van der Waals surface area contributed by atoms with Crippen molar-refractivity contribution < 1.29 is 9.53 Å². The van der Waals surface area contributed by atoms with Gasteiger partial charge in [0.25, 0.3) is 5.91 Å². The van der Waals surface area contributed by atoms with Crippen molar-refractivity contribution in [3.05, 3.63) is 35.4 Å². The Morgan fingerprint density at radius 2 is 2.05 bits per heavy atom. The first-order chi connectivity index (χ1) is 9.00. The van der Waals surface area contributed by atoms with E-state index in [9.17, 15) is 4.79 Å². The molecule has 1 heterocycles. The smallest absolute Gasteiger partial charge is 0.251 e. The topological polar surface area (TPSA) is 64.4 Å². The molecule has 0 spiro atoms. The number of rotatable bonds is 4. The van der Waals surface area contributed by atoms with E-state index in [1.165, 1.54) is 0 Å². The average molecular weight is 278 g/mol. The third-order valence-electron chi connectivity index (χ3n) is 3.35. The number of carbonyl (C=O) groups excluding carboxylic acids is 1. The number of nitrogens with two attached hydrogens (primary N) is 1. The second kappa shape index (κ2) is 5.67. The SMILES string of the molecule is CC1(CNC(=O)c2ccc(C(N)=S)cc2)CCCO1. The minimum absolute atomic E-state index is 0.105. The van der Waals surface area contributed by atoms with Gasteiger partial charge in [0.05, 0.1) is 5.60 Å². The van der Waals surface area contributed by atoms with Crippen LogP contribution >= 0.6 is 12.2 Å². The maximum Gasteiger partial charge on any atom is 0.251 e. The van der Waals surface area contributed by atoms with Gasteiger partial charge in [-0.15, -0.1) is 0 Å². The Bertz CT molecular complexity index is 479. The fourth-order valence-corrected chi connectivity index (χ4v) is 2.27. The van der Waals surface area contributed by atoms with Gasteiger partial charge < -0.3 is 15.8 Å². The van der Waals surface area contributed by atoms with Crippen LogP contribution in [0.1, 0.15) is 35.7 Å². The van der Waals surface area contributed by atoms with Crippen molar-refractivity contribution in [1.82, 2.24) is 5.32 Å². The van der Waals surface area contributed by atoms with Crippen LogP contribution in [0.3, 0.4) is 0 Å². The van der Waals surface area contributed by atoms with Crippen molar-refractivity contribution in [2.75, 3.05) is 13.2 Å². The van der Waals surface area contributed by atoms with Crippen LogP contribution in [-0.2, 0) is 4.74 Å². The van der Waals surface area contributed by atoms with Gasteiger partial charge in [0.15, 0.2) is 0 Å². The van der Waals surface area contributed by atoms with E-state index in [0.717, 1.165) is 25.0 Å². The lowest BCUT2D eigenvalue weighted by Crippen LogP contribution is -2.40. The highest BCUT2D eigenvalue weighted by Gasteiger charge is 2.30. The Morgan fingerprint density at radius 3 is 2.58 bits per heavy atom. The molecular formula is C14H18N2O2S. The summed E-state index contributed by atoms with van der Waals surface area (Å²) in [4.78, 5) is 12.3. The summed E-state index contributed by atoms with van der Waals surface area (Å²) in [6, 6.07) is 6.96. The summed E-state index contributed by atoms with van der Waals surface area (Å²) in [5.41, 5.74) is 6.65. The normalized spacial score (nSPS) is 22.2. The van der Waals surface area contributed by atoms with E-state index in [1.54, 1.807) is 24.3 Å². The molecule has 5 heteroatoms. The molecule has 1 fully saturated rings. The number of ether oxygens (including phenoxy) is 1. The molecule has 1 atom stereocenters. The van der Waals surface area contributed by atoms with E-state index in [2.05, 4.69) is 5.32 Å².